The molecule has 2 aromatic rings. The number of aryl methyl sites for hydroxylation is 1. The van der Waals surface area contributed by atoms with Gasteiger partial charge in [-0.1, -0.05) is 29.3 Å². The minimum Gasteiger partial charge on any atom is -0.355 e. The SMILES string of the molecule is N#Cc1ccc(N2CC(C(=O)NCCCc3ccc(Cl)c(Cl)c3)C(=O)C2=O)cc1. The summed E-state index contributed by atoms with van der Waals surface area (Å²) in [5.41, 5.74) is 1.92. The smallest absolute Gasteiger partial charge is 0.295 e. The van der Waals surface area contributed by atoms with E-state index < -0.39 is 23.5 Å². The Morgan fingerprint density at radius 2 is 1.86 bits per heavy atom. The molecule has 0 spiro atoms. The van der Waals surface area contributed by atoms with Gasteiger partial charge in [0.15, 0.2) is 0 Å². The van der Waals surface area contributed by atoms with Crippen molar-refractivity contribution in [2.24, 2.45) is 5.92 Å². The van der Waals surface area contributed by atoms with Crippen LogP contribution >= 0.6 is 23.2 Å². The van der Waals surface area contributed by atoms with Crippen LogP contribution in [0, 0.1) is 17.2 Å². The van der Waals surface area contributed by atoms with Gasteiger partial charge in [-0.05, 0) is 54.8 Å². The molecule has 3 rings (SSSR count). The van der Waals surface area contributed by atoms with E-state index in [2.05, 4.69) is 5.32 Å². The Labute approximate surface area is 178 Å². The first-order valence-electron chi connectivity index (χ1n) is 8.98. The highest BCUT2D eigenvalue weighted by molar-refractivity contribution is 6.47. The van der Waals surface area contributed by atoms with Crippen molar-refractivity contribution in [1.82, 2.24) is 5.32 Å². The molecule has 1 aliphatic heterocycles. The summed E-state index contributed by atoms with van der Waals surface area (Å²) in [4.78, 5) is 38.2. The van der Waals surface area contributed by atoms with E-state index in [1.54, 1.807) is 36.4 Å². The third kappa shape index (κ3) is 4.76. The second-order valence-electron chi connectivity index (χ2n) is 6.63. The topological polar surface area (TPSA) is 90.3 Å². The molecule has 2 amide bonds. The van der Waals surface area contributed by atoms with Crippen LogP contribution in [0.3, 0.4) is 0 Å². The number of nitrogens with one attached hydrogen (secondary N) is 1. The number of benzene rings is 2. The van der Waals surface area contributed by atoms with E-state index in [4.69, 9.17) is 28.5 Å². The second-order valence-corrected chi connectivity index (χ2v) is 7.45. The number of nitriles is 1. The number of anilines is 1. The van der Waals surface area contributed by atoms with Gasteiger partial charge in [0.25, 0.3) is 5.91 Å². The fourth-order valence-electron chi connectivity index (χ4n) is 3.09. The fourth-order valence-corrected chi connectivity index (χ4v) is 3.41. The summed E-state index contributed by atoms with van der Waals surface area (Å²) in [6, 6.07) is 13.6. The molecule has 1 unspecified atom stereocenters. The predicted molar refractivity (Wildman–Crippen MR) is 110 cm³/mol. The molecule has 0 bridgehead atoms. The van der Waals surface area contributed by atoms with Crippen molar-refractivity contribution >= 4 is 46.5 Å². The Kier molecular flexibility index (Phi) is 6.53. The van der Waals surface area contributed by atoms with Gasteiger partial charge >= 0.3 is 0 Å². The number of nitrogens with zero attached hydrogens (tertiary/aromatic N) is 2. The third-order valence-corrected chi connectivity index (χ3v) is 5.43. The number of hydrogen-bond acceptors (Lipinski definition) is 4. The first-order chi connectivity index (χ1) is 13.9. The minimum absolute atomic E-state index is 0.0117. The number of halogens is 2. The van der Waals surface area contributed by atoms with Crippen molar-refractivity contribution in [3.8, 4) is 6.07 Å². The zero-order valence-corrected chi connectivity index (χ0v) is 16.8. The second kappa shape index (κ2) is 9.08. The molecule has 0 saturated carbocycles. The molecule has 29 heavy (non-hydrogen) atoms. The normalized spacial score (nSPS) is 16.0. The van der Waals surface area contributed by atoms with Gasteiger partial charge in [0.05, 0.1) is 21.7 Å². The molecular weight excluding hydrogens is 413 g/mol. The van der Waals surface area contributed by atoms with E-state index in [9.17, 15) is 14.4 Å². The standard InChI is InChI=1S/C21H17Cl2N3O3/c22-17-8-5-13(10-18(17)23)2-1-9-25-20(28)16-12-26(21(29)19(16)27)15-6-3-14(11-24)4-7-15/h3-8,10,16H,1-2,9,12H2,(H,25,28). The van der Waals surface area contributed by atoms with Gasteiger partial charge in [-0.2, -0.15) is 5.26 Å². The summed E-state index contributed by atoms with van der Waals surface area (Å²) in [5, 5.41) is 12.5. The molecule has 8 heteroatoms. The van der Waals surface area contributed by atoms with E-state index in [1.165, 1.54) is 4.90 Å². The van der Waals surface area contributed by atoms with Crippen LogP contribution in [0.1, 0.15) is 17.5 Å². The van der Waals surface area contributed by atoms with Gasteiger partial charge in [0.1, 0.15) is 5.92 Å². The first-order valence-corrected chi connectivity index (χ1v) is 9.74. The molecule has 1 saturated heterocycles. The lowest BCUT2D eigenvalue weighted by Crippen LogP contribution is -2.36. The van der Waals surface area contributed by atoms with E-state index in [0.717, 1.165) is 5.56 Å². The molecule has 1 N–H and O–H groups in total. The van der Waals surface area contributed by atoms with Crippen LogP contribution in [0.5, 0.6) is 0 Å². The zero-order valence-electron chi connectivity index (χ0n) is 15.3. The molecule has 0 aromatic heterocycles. The van der Waals surface area contributed by atoms with Crippen molar-refractivity contribution in [2.75, 3.05) is 18.0 Å². The summed E-state index contributed by atoms with van der Waals surface area (Å²) in [6.45, 7) is 0.357. The highest BCUT2D eigenvalue weighted by Crippen LogP contribution is 2.24. The van der Waals surface area contributed by atoms with Gasteiger partial charge in [-0.25, -0.2) is 0 Å². The maximum absolute atomic E-state index is 12.4. The first kappa shape index (κ1) is 20.8. The monoisotopic (exact) mass is 429 g/mol. The van der Waals surface area contributed by atoms with Crippen LogP contribution in [0.15, 0.2) is 42.5 Å². The number of ketones is 1. The van der Waals surface area contributed by atoms with Crippen LogP contribution in [0.2, 0.25) is 10.0 Å². The van der Waals surface area contributed by atoms with Gasteiger partial charge in [0.2, 0.25) is 11.7 Å². The van der Waals surface area contributed by atoms with Gasteiger partial charge in [-0.3, -0.25) is 14.4 Å². The van der Waals surface area contributed by atoms with Crippen LogP contribution in [-0.4, -0.2) is 30.7 Å². The predicted octanol–water partition coefficient (Wildman–Crippen LogP) is 3.15. The van der Waals surface area contributed by atoms with E-state index in [0.29, 0.717) is 40.7 Å². The fraction of sp³-hybridized carbons (Fsp3) is 0.238. The Morgan fingerprint density at radius 1 is 1.14 bits per heavy atom. The summed E-state index contributed by atoms with van der Waals surface area (Å²) < 4.78 is 0. The Morgan fingerprint density at radius 3 is 2.52 bits per heavy atom. The molecule has 1 atom stereocenters. The Balaban J connectivity index is 1.53. The third-order valence-electron chi connectivity index (χ3n) is 4.69. The average molecular weight is 430 g/mol. The Bertz CT molecular complexity index is 999. The summed E-state index contributed by atoms with van der Waals surface area (Å²) >= 11 is 11.9. The number of carbonyl (C=O) groups excluding carboxylic acids is 3. The van der Waals surface area contributed by atoms with Crippen molar-refractivity contribution in [3.63, 3.8) is 0 Å². The lowest BCUT2D eigenvalue weighted by Gasteiger charge is -2.15. The molecule has 148 valence electrons. The Hall–Kier alpha value is -2.88. The molecular formula is C21H17Cl2N3O3. The van der Waals surface area contributed by atoms with Crippen molar-refractivity contribution in [2.45, 2.75) is 12.8 Å². The van der Waals surface area contributed by atoms with Crippen LogP contribution < -0.4 is 10.2 Å². The number of hydrogen-bond donors (Lipinski definition) is 1. The maximum atomic E-state index is 12.4. The van der Waals surface area contributed by atoms with Crippen molar-refractivity contribution < 1.29 is 14.4 Å². The lowest BCUT2D eigenvalue weighted by molar-refractivity contribution is -0.139. The molecule has 0 aliphatic carbocycles. The molecule has 0 radical (unpaired) electrons. The summed E-state index contributed by atoms with van der Waals surface area (Å²) in [6.07, 6.45) is 1.34. The van der Waals surface area contributed by atoms with E-state index in [-0.39, 0.29) is 6.54 Å². The van der Waals surface area contributed by atoms with Gasteiger partial charge < -0.3 is 10.2 Å². The van der Waals surface area contributed by atoms with Gasteiger partial charge in [-0.15, -0.1) is 0 Å². The van der Waals surface area contributed by atoms with Crippen LogP contribution in [0.25, 0.3) is 0 Å². The van der Waals surface area contributed by atoms with E-state index in [1.807, 2.05) is 12.1 Å². The molecule has 1 heterocycles. The van der Waals surface area contributed by atoms with Gasteiger partial charge in [0, 0.05) is 18.8 Å². The zero-order chi connectivity index (χ0) is 21.0. The van der Waals surface area contributed by atoms with Crippen molar-refractivity contribution in [3.05, 3.63) is 63.6 Å². The number of carbonyl (C=O) groups is 3. The highest BCUT2D eigenvalue weighted by Gasteiger charge is 2.43. The lowest BCUT2D eigenvalue weighted by atomic mass is 10.1. The summed E-state index contributed by atoms with van der Waals surface area (Å²) in [7, 11) is 0. The average Bonchev–Trinajstić information content (AvgIpc) is 3.03. The minimum atomic E-state index is -1.04. The molecule has 1 aliphatic rings. The molecule has 6 nitrogen and oxygen atoms in total. The number of amides is 2. The van der Waals surface area contributed by atoms with Crippen molar-refractivity contribution in [1.29, 1.82) is 5.26 Å². The molecule has 2 aromatic carbocycles. The quantitative estimate of drug-likeness (QED) is 0.433. The summed E-state index contributed by atoms with van der Waals surface area (Å²) in [5.74, 6) is -2.95. The van der Waals surface area contributed by atoms with Crippen LogP contribution in [-0.2, 0) is 20.8 Å². The maximum Gasteiger partial charge on any atom is 0.295 e. The molecule has 1 fully saturated rings. The number of Topliss-reactive ketones (excluding diaryl/α,β-unsaturated/α-hetero) is 1. The highest BCUT2D eigenvalue weighted by atomic mass is 35.5. The number of rotatable bonds is 6. The van der Waals surface area contributed by atoms with Crippen LogP contribution in [0.4, 0.5) is 5.69 Å². The largest absolute Gasteiger partial charge is 0.355 e. The van der Waals surface area contributed by atoms with E-state index >= 15 is 0 Å².